The molecule has 1 aliphatic heterocycles. The normalized spacial score (nSPS) is 18.6. The molecule has 3 nitrogen and oxygen atoms in total. The van der Waals surface area contributed by atoms with Gasteiger partial charge in [-0.15, -0.1) is 0 Å². The molecule has 1 aliphatic rings. The van der Waals surface area contributed by atoms with Gasteiger partial charge in [0.05, 0.1) is 11.7 Å². The van der Waals surface area contributed by atoms with Gasteiger partial charge in [0.2, 0.25) is 5.91 Å². The molecular weight excluding hydrogens is 328 g/mol. The van der Waals surface area contributed by atoms with E-state index in [-0.39, 0.29) is 11.9 Å². The summed E-state index contributed by atoms with van der Waals surface area (Å²) in [5.41, 5.74) is 2.03. The lowest BCUT2D eigenvalue weighted by molar-refractivity contribution is -0.120. The maximum atomic E-state index is 12.5. The Morgan fingerprint density at radius 2 is 1.81 bits per heavy atom. The number of halogens is 1. The van der Waals surface area contributed by atoms with Gasteiger partial charge in [0.25, 0.3) is 0 Å². The standard InChI is InChI=1S/C17H25BrN2O/c1-13-8-9-16(15(18)12-13)19-17(21)14(2)20-10-6-4-3-5-7-11-20/h8-9,12,14H,3-7,10-11H2,1-2H3,(H,19,21)/t14-/m1/s1. The lowest BCUT2D eigenvalue weighted by Crippen LogP contribution is -2.43. The first kappa shape index (κ1) is 16.5. The van der Waals surface area contributed by atoms with Crippen molar-refractivity contribution in [2.75, 3.05) is 18.4 Å². The highest BCUT2D eigenvalue weighted by Crippen LogP contribution is 2.24. The van der Waals surface area contributed by atoms with Crippen molar-refractivity contribution in [2.45, 2.75) is 52.0 Å². The van der Waals surface area contributed by atoms with Crippen LogP contribution in [-0.2, 0) is 4.79 Å². The highest BCUT2D eigenvalue weighted by atomic mass is 79.9. The maximum Gasteiger partial charge on any atom is 0.241 e. The summed E-state index contributed by atoms with van der Waals surface area (Å²) in [5, 5.41) is 3.04. The molecule has 1 saturated heterocycles. The van der Waals surface area contributed by atoms with Crippen LogP contribution in [0.5, 0.6) is 0 Å². The number of rotatable bonds is 3. The predicted octanol–water partition coefficient (Wildman–Crippen LogP) is 4.35. The van der Waals surface area contributed by atoms with E-state index in [0.717, 1.165) is 23.2 Å². The Hall–Kier alpha value is -0.870. The average Bonchev–Trinajstić information content (AvgIpc) is 2.41. The zero-order valence-electron chi connectivity index (χ0n) is 13.0. The summed E-state index contributed by atoms with van der Waals surface area (Å²) >= 11 is 3.52. The molecule has 2 rings (SSSR count). The van der Waals surface area contributed by atoms with E-state index in [1.807, 2.05) is 32.0 Å². The Kier molecular flexibility index (Phi) is 6.24. The zero-order chi connectivity index (χ0) is 15.2. The quantitative estimate of drug-likeness (QED) is 0.876. The minimum Gasteiger partial charge on any atom is -0.324 e. The summed E-state index contributed by atoms with van der Waals surface area (Å²) in [4.78, 5) is 14.8. The number of amides is 1. The Bertz CT molecular complexity index is 482. The lowest BCUT2D eigenvalue weighted by Gasteiger charge is -2.29. The Morgan fingerprint density at radius 1 is 1.19 bits per heavy atom. The first-order valence-electron chi connectivity index (χ1n) is 7.89. The molecule has 1 atom stereocenters. The third-order valence-corrected chi connectivity index (χ3v) is 4.86. The summed E-state index contributed by atoms with van der Waals surface area (Å²) in [5.74, 6) is 0.0835. The second kappa shape index (κ2) is 7.95. The molecule has 1 heterocycles. The van der Waals surface area contributed by atoms with Crippen molar-refractivity contribution < 1.29 is 4.79 Å². The van der Waals surface area contributed by atoms with Crippen LogP contribution in [0.25, 0.3) is 0 Å². The summed E-state index contributed by atoms with van der Waals surface area (Å²) < 4.78 is 0.940. The molecule has 1 N–H and O–H groups in total. The Labute approximate surface area is 136 Å². The smallest absolute Gasteiger partial charge is 0.241 e. The van der Waals surface area contributed by atoms with Gasteiger partial charge in [-0.3, -0.25) is 9.69 Å². The van der Waals surface area contributed by atoms with E-state index >= 15 is 0 Å². The number of likely N-dealkylation sites (tertiary alicyclic amines) is 1. The van der Waals surface area contributed by atoms with Gasteiger partial charge >= 0.3 is 0 Å². The van der Waals surface area contributed by atoms with Crippen LogP contribution in [0.15, 0.2) is 22.7 Å². The molecule has 1 aromatic rings. The van der Waals surface area contributed by atoms with Crippen LogP contribution in [-0.4, -0.2) is 29.9 Å². The first-order chi connectivity index (χ1) is 10.1. The fourth-order valence-corrected chi connectivity index (χ4v) is 3.38. The van der Waals surface area contributed by atoms with E-state index < -0.39 is 0 Å². The van der Waals surface area contributed by atoms with Crippen molar-refractivity contribution in [3.8, 4) is 0 Å². The van der Waals surface area contributed by atoms with Crippen LogP contribution in [0.4, 0.5) is 5.69 Å². The monoisotopic (exact) mass is 352 g/mol. The molecule has 0 unspecified atom stereocenters. The van der Waals surface area contributed by atoms with Crippen LogP contribution in [0.2, 0.25) is 0 Å². The minimum absolute atomic E-state index is 0.0729. The molecular formula is C17H25BrN2O. The van der Waals surface area contributed by atoms with Crippen molar-refractivity contribution >= 4 is 27.5 Å². The fraction of sp³-hybridized carbons (Fsp3) is 0.588. The number of benzene rings is 1. The topological polar surface area (TPSA) is 32.3 Å². The molecule has 116 valence electrons. The molecule has 4 heteroatoms. The minimum atomic E-state index is -0.0729. The second-order valence-electron chi connectivity index (χ2n) is 5.95. The van der Waals surface area contributed by atoms with E-state index in [1.54, 1.807) is 0 Å². The molecule has 1 fully saturated rings. The van der Waals surface area contributed by atoms with Gasteiger partial charge in [-0.1, -0.05) is 25.3 Å². The Balaban J connectivity index is 1.97. The third-order valence-electron chi connectivity index (χ3n) is 4.20. The van der Waals surface area contributed by atoms with E-state index in [2.05, 4.69) is 26.1 Å². The summed E-state index contributed by atoms with van der Waals surface area (Å²) in [6, 6.07) is 5.92. The van der Waals surface area contributed by atoms with Gasteiger partial charge in [0.1, 0.15) is 0 Å². The summed E-state index contributed by atoms with van der Waals surface area (Å²) in [6.07, 6.45) is 6.31. The lowest BCUT2D eigenvalue weighted by atomic mass is 10.1. The molecule has 0 spiro atoms. The molecule has 0 saturated carbocycles. The number of hydrogen-bond acceptors (Lipinski definition) is 2. The number of anilines is 1. The molecule has 0 radical (unpaired) electrons. The van der Waals surface area contributed by atoms with Crippen molar-refractivity contribution in [3.63, 3.8) is 0 Å². The molecule has 21 heavy (non-hydrogen) atoms. The number of carbonyl (C=O) groups excluding carboxylic acids is 1. The van der Waals surface area contributed by atoms with Crippen molar-refractivity contribution in [1.82, 2.24) is 4.90 Å². The van der Waals surface area contributed by atoms with Crippen LogP contribution in [0.1, 0.15) is 44.6 Å². The van der Waals surface area contributed by atoms with E-state index in [1.165, 1.54) is 37.7 Å². The van der Waals surface area contributed by atoms with Gasteiger partial charge in [0, 0.05) is 4.47 Å². The number of nitrogens with zero attached hydrogens (tertiary/aromatic N) is 1. The van der Waals surface area contributed by atoms with Crippen molar-refractivity contribution in [3.05, 3.63) is 28.2 Å². The predicted molar refractivity (Wildman–Crippen MR) is 91.6 cm³/mol. The van der Waals surface area contributed by atoms with E-state index in [0.29, 0.717) is 0 Å². The maximum absolute atomic E-state index is 12.5. The van der Waals surface area contributed by atoms with Crippen molar-refractivity contribution in [1.29, 1.82) is 0 Å². The number of nitrogens with one attached hydrogen (secondary N) is 1. The van der Waals surface area contributed by atoms with Crippen molar-refractivity contribution in [2.24, 2.45) is 0 Å². The number of carbonyl (C=O) groups is 1. The van der Waals surface area contributed by atoms with Crippen LogP contribution < -0.4 is 5.32 Å². The highest BCUT2D eigenvalue weighted by molar-refractivity contribution is 9.10. The summed E-state index contributed by atoms with van der Waals surface area (Å²) in [7, 11) is 0. The van der Waals surface area contributed by atoms with E-state index in [4.69, 9.17) is 0 Å². The highest BCUT2D eigenvalue weighted by Gasteiger charge is 2.22. The van der Waals surface area contributed by atoms with Crippen LogP contribution in [0, 0.1) is 6.92 Å². The molecule has 0 aromatic heterocycles. The Morgan fingerprint density at radius 3 is 2.43 bits per heavy atom. The number of aryl methyl sites for hydroxylation is 1. The van der Waals surface area contributed by atoms with Crippen LogP contribution in [0.3, 0.4) is 0 Å². The van der Waals surface area contributed by atoms with Gasteiger partial charge in [-0.25, -0.2) is 0 Å². The molecule has 1 amide bonds. The summed E-state index contributed by atoms with van der Waals surface area (Å²) in [6.45, 7) is 6.12. The van der Waals surface area contributed by atoms with Gasteiger partial charge in [-0.05, 0) is 73.4 Å². The largest absolute Gasteiger partial charge is 0.324 e. The van der Waals surface area contributed by atoms with Crippen LogP contribution >= 0.6 is 15.9 Å². The molecule has 0 aliphatic carbocycles. The third kappa shape index (κ3) is 4.82. The van der Waals surface area contributed by atoms with Gasteiger partial charge in [-0.2, -0.15) is 0 Å². The second-order valence-corrected chi connectivity index (χ2v) is 6.81. The van der Waals surface area contributed by atoms with Gasteiger partial charge in [0.15, 0.2) is 0 Å². The fourth-order valence-electron chi connectivity index (χ4n) is 2.78. The zero-order valence-corrected chi connectivity index (χ0v) is 14.6. The first-order valence-corrected chi connectivity index (χ1v) is 8.68. The SMILES string of the molecule is Cc1ccc(NC(=O)[C@@H](C)N2CCCCCCC2)c(Br)c1. The number of hydrogen-bond donors (Lipinski definition) is 1. The average molecular weight is 353 g/mol. The van der Waals surface area contributed by atoms with Gasteiger partial charge < -0.3 is 5.32 Å². The van der Waals surface area contributed by atoms with E-state index in [9.17, 15) is 4.79 Å². The molecule has 1 aromatic carbocycles. The molecule has 0 bridgehead atoms.